The zero-order valence-electron chi connectivity index (χ0n) is 47.2. The third-order valence-corrected chi connectivity index (χ3v) is 13.3. The number of amides is 9. The molecule has 0 aromatic carbocycles. The molecule has 83 heavy (non-hydrogen) atoms. The fraction of sp³-hybridized carbons (Fsp3) is 0.725. The third kappa shape index (κ3) is 28.0. The number of alkyl halides is 1. The molecule has 0 bridgehead atoms. The molecule has 1 heterocycles. The molecule has 12 atom stereocenters. The van der Waals surface area contributed by atoms with Gasteiger partial charge in [-0.1, -0.05) is 70.8 Å². The average Bonchev–Trinajstić information content (AvgIpc) is 3.52. The lowest BCUT2D eigenvalue weighted by molar-refractivity contribution is -0.155. The van der Waals surface area contributed by atoms with Gasteiger partial charge in [-0.25, -0.2) is 9.59 Å². The molecule has 0 aromatic rings. The number of carbonyl (C=O) groups excluding carboxylic acids is 10. The Kier molecular flexibility index (Phi) is 36.4. The van der Waals surface area contributed by atoms with Crippen molar-refractivity contribution < 1.29 is 92.9 Å². The van der Waals surface area contributed by atoms with E-state index in [-0.39, 0.29) is 45.3 Å². The molecular formula is C51H87ClN12O19. The smallest absolute Gasteiger partial charge is 0.335 e. The van der Waals surface area contributed by atoms with Gasteiger partial charge in [0.1, 0.15) is 54.6 Å². The van der Waals surface area contributed by atoms with Crippen molar-refractivity contribution >= 4 is 82.7 Å². The molecule has 1 rings (SSSR count). The molecule has 1 aliphatic rings. The van der Waals surface area contributed by atoms with Gasteiger partial charge in [-0.15, -0.1) is 11.6 Å². The van der Waals surface area contributed by atoms with Crippen LogP contribution in [0.1, 0.15) is 130 Å². The van der Waals surface area contributed by atoms with Crippen LogP contribution in [-0.2, 0) is 62.3 Å². The first-order valence-electron chi connectivity index (χ1n) is 27.7. The number of hydrogen-bond acceptors (Lipinski definition) is 20. The number of halogens is 1. The van der Waals surface area contributed by atoms with Crippen molar-refractivity contribution in [1.82, 2.24) is 47.9 Å². The van der Waals surface area contributed by atoms with Gasteiger partial charge in [0.25, 0.3) is 5.91 Å². The van der Waals surface area contributed by atoms with E-state index in [1.807, 2.05) is 10.6 Å². The van der Waals surface area contributed by atoms with Gasteiger partial charge in [-0.05, 0) is 72.0 Å². The first kappa shape index (κ1) is 74.4. The molecule has 1 aliphatic heterocycles. The first-order valence-corrected chi connectivity index (χ1v) is 28.2. The Morgan fingerprint density at radius 3 is 1.64 bits per heavy atom. The van der Waals surface area contributed by atoms with Crippen molar-refractivity contribution in [3.05, 3.63) is 11.8 Å². The van der Waals surface area contributed by atoms with Gasteiger partial charge in [0, 0.05) is 0 Å². The number of esters is 1. The number of carboxylic acids is 2. The minimum absolute atomic E-state index is 0.123. The van der Waals surface area contributed by atoms with Crippen LogP contribution in [0.25, 0.3) is 0 Å². The number of carboxylic acid groups (broad SMARTS) is 2. The summed E-state index contributed by atoms with van der Waals surface area (Å²) in [5.74, 6) is -17.8. The Labute approximate surface area is 485 Å². The number of hydrogen-bond donors (Lipinski definition) is 18. The van der Waals surface area contributed by atoms with Crippen LogP contribution in [0.15, 0.2) is 11.8 Å². The molecular weight excluding hydrogens is 1120 g/mol. The summed E-state index contributed by atoms with van der Waals surface area (Å²) in [6, 6.07) is -15.8. The number of nitrogens with two attached hydrogens (primary N) is 3. The molecule has 0 aliphatic carbocycles. The molecule has 21 N–H and O–H groups in total. The largest absolute Gasteiger partial charge is 0.481 e. The van der Waals surface area contributed by atoms with Gasteiger partial charge < -0.3 is 100 Å². The Hall–Kier alpha value is -6.61. The van der Waals surface area contributed by atoms with E-state index in [1.165, 1.54) is 6.92 Å². The van der Waals surface area contributed by atoms with Crippen LogP contribution >= 0.6 is 11.6 Å². The van der Waals surface area contributed by atoms with Crippen LogP contribution < -0.4 is 65.1 Å². The maximum Gasteiger partial charge on any atom is 0.335 e. The van der Waals surface area contributed by atoms with E-state index < -0.39 is 181 Å². The zero-order valence-corrected chi connectivity index (χ0v) is 47.9. The molecule has 1 fully saturated rings. The second-order valence-electron chi connectivity index (χ2n) is 19.9. The summed E-state index contributed by atoms with van der Waals surface area (Å²) in [6.45, 7) is 2.61. The molecule has 9 amide bonds. The molecule has 472 valence electrons. The minimum Gasteiger partial charge on any atom is -0.481 e. The van der Waals surface area contributed by atoms with Crippen molar-refractivity contribution in [2.75, 3.05) is 32.1 Å². The Morgan fingerprint density at radius 1 is 0.627 bits per heavy atom. The summed E-state index contributed by atoms with van der Waals surface area (Å²) >= 11 is 5.85. The van der Waals surface area contributed by atoms with Gasteiger partial charge >= 0.3 is 17.9 Å². The summed E-state index contributed by atoms with van der Waals surface area (Å²) in [5.41, 5.74) is 16.4. The van der Waals surface area contributed by atoms with E-state index in [0.717, 1.165) is 64.4 Å². The van der Waals surface area contributed by atoms with E-state index >= 15 is 0 Å². The number of nitrogens with one attached hydrogen (secondary N) is 9. The van der Waals surface area contributed by atoms with Crippen LogP contribution in [0.3, 0.4) is 0 Å². The van der Waals surface area contributed by atoms with Crippen LogP contribution in [0.2, 0.25) is 0 Å². The molecule has 1 saturated heterocycles. The minimum atomic E-state index is -2.83. The average molecular weight is 1210 g/mol. The number of ether oxygens (including phenoxy) is 1. The lowest BCUT2D eigenvalue weighted by Crippen LogP contribution is -2.62. The van der Waals surface area contributed by atoms with Crippen LogP contribution in [0.5, 0.6) is 0 Å². The quantitative estimate of drug-likeness (QED) is 0.0151. The van der Waals surface area contributed by atoms with Gasteiger partial charge in [-0.2, -0.15) is 0 Å². The Bertz CT molecular complexity index is 2190. The van der Waals surface area contributed by atoms with Crippen molar-refractivity contribution in [3.63, 3.8) is 0 Å². The van der Waals surface area contributed by atoms with Gasteiger partial charge in [0.2, 0.25) is 47.3 Å². The predicted octanol–water partition coefficient (Wildman–Crippen LogP) is -5.16. The lowest BCUT2D eigenvalue weighted by atomic mass is 10.0. The predicted molar refractivity (Wildman–Crippen MR) is 295 cm³/mol. The molecule has 0 aromatic heterocycles. The maximum absolute atomic E-state index is 14.1. The van der Waals surface area contributed by atoms with Gasteiger partial charge in [0.15, 0.2) is 12.1 Å². The summed E-state index contributed by atoms with van der Waals surface area (Å²) in [6.07, 6.45) is -0.358. The standard InChI is InChI=1S/C51H87ClN12O19/c1-4-6-7-8-9-10-11-12-13-16-28(66)23-36(68)56-34-26-83-51(82)39(35(67)25-52)63-49(79)40(41(71)50(80)81)64-42(72)29(5-2)57-48(78)38(27(3)65)62-45(75)32(19-22-55)59-43(73)30(17-14-15-20-53)58-46(76)33(24-37(69)70)61-44(74)31(18-21-54)60-47(34)77/h5,27-28,30-35,38-41,65-67,71H,4,6-26,53-55H2,1-3H3,(H,56,68)(H,57,78)(H,58,76)(H,59,73)(H,60,77)(H,61,74)(H,62,75)(H,63,79)(H,64,72)(H,69,70)(H,80,81)/b29-5+/t27-,28+,30-,31+,32-,33-,34-,35+,38-,39-,40-,41?/m0/s1. The van der Waals surface area contributed by atoms with Crippen molar-refractivity contribution in [3.8, 4) is 0 Å². The molecule has 31 nitrogen and oxygen atoms in total. The lowest BCUT2D eigenvalue weighted by Gasteiger charge is -2.28. The highest BCUT2D eigenvalue weighted by atomic mass is 35.5. The summed E-state index contributed by atoms with van der Waals surface area (Å²) < 4.78 is 5.27. The fourth-order valence-electron chi connectivity index (χ4n) is 8.23. The molecule has 1 unspecified atom stereocenters. The summed E-state index contributed by atoms with van der Waals surface area (Å²) in [4.78, 5) is 162. The number of aliphatic hydroxyl groups is 4. The number of unbranched alkanes of at least 4 members (excludes halogenated alkanes) is 9. The molecule has 32 heteroatoms. The van der Waals surface area contributed by atoms with E-state index in [2.05, 4.69) is 44.1 Å². The number of aliphatic hydroxyl groups excluding tert-OH is 4. The highest BCUT2D eigenvalue weighted by Crippen LogP contribution is 2.14. The number of allylic oxidation sites excluding steroid dienone is 1. The van der Waals surface area contributed by atoms with Crippen LogP contribution in [0, 0.1) is 0 Å². The Balaban J connectivity index is 4.01. The fourth-order valence-corrected chi connectivity index (χ4v) is 8.41. The first-order chi connectivity index (χ1) is 39.3. The SMILES string of the molecule is C/C=C1/NC(=O)[C@H]([C@H](C)O)NC(=O)[C@H](CCN)NC(=O)[C@H](CCCCN)NC(=O)[C@H](CC(=O)O)NC(=O)[C@@H](CCN)NC(=O)[C@@H](NC(=O)C[C@H](O)CCCCCCCCCCC)COC(=O)[C@H]([C@H](O)CCl)NC(=O)[C@H](C(O)C(=O)O)NC1=O. The number of aliphatic carboxylic acids is 2. The number of cyclic esters (lactones) is 1. The highest BCUT2D eigenvalue weighted by molar-refractivity contribution is 6.18. The maximum atomic E-state index is 14.1. The zero-order chi connectivity index (χ0) is 62.8. The van der Waals surface area contributed by atoms with Gasteiger partial charge in [-0.3, -0.25) is 47.9 Å². The molecule has 0 spiro atoms. The Morgan fingerprint density at radius 2 is 1.13 bits per heavy atom. The second-order valence-corrected chi connectivity index (χ2v) is 20.2. The summed E-state index contributed by atoms with van der Waals surface area (Å²) in [7, 11) is 0. The number of carbonyl (C=O) groups is 12. The van der Waals surface area contributed by atoms with Crippen molar-refractivity contribution in [2.24, 2.45) is 17.2 Å². The topological polar surface area (TPSA) is 522 Å². The molecule has 0 radical (unpaired) electrons. The van der Waals surface area contributed by atoms with E-state index in [0.29, 0.717) is 12.8 Å². The summed E-state index contributed by atoms with van der Waals surface area (Å²) in [5, 5.41) is 82.1. The van der Waals surface area contributed by atoms with E-state index in [1.54, 1.807) is 0 Å². The monoisotopic (exact) mass is 1210 g/mol. The van der Waals surface area contributed by atoms with E-state index in [9.17, 15) is 88.2 Å². The molecule has 0 saturated carbocycles. The normalized spacial score (nSPS) is 24.5. The van der Waals surface area contributed by atoms with E-state index in [4.69, 9.17) is 33.5 Å². The number of rotatable bonds is 28. The van der Waals surface area contributed by atoms with Crippen LogP contribution in [-0.4, -0.2) is 207 Å². The third-order valence-electron chi connectivity index (χ3n) is 13.0. The second kappa shape index (κ2) is 40.6. The van der Waals surface area contributed by atoms with Gasteiger partial charge in [0.05, 0.1) is 37.0 Å². The highest BCUT2D eigenvalue weighted by Gasteiger charge is 2.41. The van der Waals surface area contributed by atoms with Crippen molar-refractivity contribution in [1.29, 1.82) is 0 Å². The van der Waals surface area contributed by atoms with Crippen molar-refractivity contribution in [2.45, 2.75) is 203 Å². The van der Waals surface area contributed by atoms with Crippen LogP contribution in [0.4, 0.5) is 0 Å².